The molecule has 2 aliphatic heterocycles. The number of rotatable bonds is 4. The second-order valence-electron chi connectivity index (χ2n) is 8.99. The molecule has 1 aromatic carbocycles. The molecule has 3 aromatic heterocycles. The zero-order chi connectivity index (χ0) is 22.4. The number of aromatic nitrogens is 3. The standard InChI is InChI=1S/C26H28N6O/c1-31-10-9-19-20(3-2-4-24(19)31)26-22-15-27-14-21(22)23(16-29-26)30-25-6-5-17(13-28-25)32-11-7-18(33)8-12-32/h2-6,9-10,13,16,18,27,33H,7-8,11-12,14-15H2,1H3,(H,28,30). The fourth-order valence-electron chi connectivity index (χ4n) is 5.05. The van der Waals surface area contributed by atoms with Crippen molar-refractivity contribution < 1.29 is 5.11 Å². The number of nitrogens with zero attached hydrogens (tertiary/aromatic N) is 4. The molecule has 4 aromatic rings. The summed E-state index contributed by atoms with van der Waals surface area (Å²) in [6.07, 6.45) is 7.40. The topological polar surface area (TPSA) is 78.2 Å². The highest BCUT2D eigenvalue weighted by molar-refractivity contribution is 5.95. The molecule has 0 spiro atoms. The average molecular weight is 441 g/mol. The van der Waals surface area contributed by atoms with Crippen LogP contribution in [0.1, 0.15) is 24.0 Å². The van der Waals surface area contributed by atoms with Crippen molar-refractivity contribution in [2.75, 3.05) is 23.3 Å². The molecule has 0 aliphatic carbocycles. The molecule has 1 fully saturated rings. The van der Waals surface area contributed by atoms with Crippen LogP contribution in [0.25, 0.3) is 22.2 Å². The predicted molar refractivity (Wildman–Crippen MR) is 132 cm³/mol. The largest absolute Gasteiger partial charge is 0.393 e. The lowest BCUT2D eigenvalue weighted by molar-refractivity contribution is 0.145. The van der Waals surface area contributed by atoms with E-state index in [0.29, 0.717) is 0 Å². The monoisotopic (exact) mass is 440 g/mol. The molecule has 0 radical (unpaired) electrons. The number of benzene rings is 1. The van der Waals surface area contributed by atoms with E-state index in [4.69, 9.17) is 4.98 Å². The van der Waals surface area contributed by atoms with Gasteiger partial charge in [-0.3, -0.25) is 4.98 Å². The lowest BCUT2D eigenvalue weighted by Crippen LogP contribution is -2.35. The van der Waals surface area contributed by atoms with E-state index in [2.05, 4.69) is 68.7 Å². The van der Waals surface area contributed by atoms with E-state index in [1.807, 2.05) is 18.5 Å². The van der Waals surface area contributed by atoms with Gasteiger partial charge >= 0.3 is 0 Å². The van der Waals surface area contributed by atoms with Gasteiger partial charge in [0.05, 0.1) is 35.6 Å². The van der Waals surface area contributed by atoms with Crippen molar-refractivity contribution in [2.24, 2.45) is 7.05 Å². The van der Waals surface area contributed by atoms with Gasteiger partial charge in [-0.2, -0.15) is 0 Å². The molecular weight excluding hydrogens is 412 g/mol. The van der Waals surface area contributed by atoms with Crippen LogP contribution in [-0.2, 0) is 20.1 Å². The molecule has 0 atom stereocenters. The van der Waals surface area contributed by atoms with Crippen molar-refractivity contribution in [1.82, 2.24) is 19.9 Å². The van der Waals surface area contributed by atoms with Crippen molar-refractivity contribution in [3.63, 3.8) is 0 Å². The highest BCUT2D eigenvalue weighted by atomic mass is 16.3. The Morgan fingerprint density at radius 3 is 2.67 bits per heavy atom. The first-order valence-corrected chi connectivity index (χ1v) is 11.6. The van der Waals surface area contributed by atoms with Gasteiger partial charge in [0.2, 0.25) is 0 Å². The predicted octanol–water partition coefficient (Wildman–Crippen LogP) is 3.94. The smallest absolute Gasteiger partial charge is 0.130 e. The molecule has 168 valence electrons. The summed E-state index contributed by atoms with van der Waals surface area (Å²) in [5, 5.41) is 18.0. The molecule has 6 rings (SSSR count). The summed E-state index contributed by atoms with van der Waals surface area (Å²) in [5.41, 5.74) is 8.04. The minimum absolute atomic E-state index is 0.171. The molecular formula is C26H28N6O. The first-order chi connectivity index (χ1) is 16.2. The maximum Gasteiger partial charge on any atom is 0.130 e. The van der Waals surface area contributed by atoms with Gasteiger partial charge in [-0.15, -0.1) is 0 Å². The van der Waals surface area contributed by atoms with Crippen molar-refractivity contribution in [3.05, 3.63) is 66.1 Å². The maximum absolute atomic E-state index is 9.74. The first kappa shape index (κ1) is 20.2. The quantitative estimate of drug-likeness (QED) is 0.446. The highest BCUT2D eigenvalue weighted by Crippen LogP contribution is 2.36. The fraction of sp³-hybridized carbons (Fsp3) is 0.308. The van der Waals surface area contributed by atoms with Crippen LogP contribution in [0, 0.1) is 0 Å². The summed E-state index contributed by atoms with van der Waals surface area (Å²) >= 11 is 0. The number of anilines is 3. The molecule has 0 unspecified atom stereocenters. The Labute approximate surface area is 193 Å². The van der Waals surface area contributed by atoms with E-state index >= 15 is 0 Å². The van der Waals surface area contributed by atoms with E-state index in [-0.39, 0.29) is 6.10 Å². The Bertz CT molecular complexity index is 1300. The number of hydrogen-bond donors (Lipinski definition) is 3. The number of pyridine rings is 2. The summed E-state index contributed by atoms with van der Waals surface area (Å²) in [7, 11) is 2.07. The van der Waals surface area contributed by atoms with Crippen LogP contribution in [0.2, 0.25) is 0 Å². The molecule has 7 nitrogen and oxygen atoms in total. The van der Waals surface area contributed by atoms with E-state index in [0.717, 1.165) is 61.9 Å². The van der Waals surface area contributed by atoms with Crippen LogP contribution in [-0.4, -0.2) is 38.8 Å². The number of piperidine rings is 1. The highest BCUT2D eigenvalue weighted by Gasteiger charge is 2.22. The number of aliphatic hydroxyl groups excluding tert-OH is 1. The van der Waals surface area contributed by atoms with Crippen molar-refractivity contribution in [1.29, 1.82) is 0 Å². The molecule has 3 N–H and O–H groups in total. The summed E-state index contributed by atoms with van der Waals surface area (Å²) in [6, 6.07) is 12.7. The zero-order valence-electron chi connectivity index (χ0n) is 18.8. The first-order valence-electron chi connectivity index (χ1n) is 11.6. The molecule has 0 amide bonds. The van der Waals surface area contributed by atoms with Crippen molar-refractivity contribution in [2.45, 2.75) is 32.0 Å². The third-order valence-electron chi connectivity index (χ3n) is 6.92. The molecule has 7 heteroatoms. The Hall–Kier alpha value is -3.42. The number of nitrogens with one attached hydrogen (secondary N) is 2. The zero-order valence-corrected chi connectivity index (χ0v) is 18.8. The van der Waals surface area contributed by atoms with Gasteiger partial charge in [0.1, 0.15) is 5.82 Å². The average Bonchev–Trinajstić information content (AvgIpc) is 3.48. The third kappa shape index (κ3) is 3.63. The molecule has 1 saturated heterocycles. The minimum Gasteiger partial charge on any atom is -0.393 e. The molecule has 0 bridgehead atoms. The second-order valence-corrected chi connectivity index (χ2v) is 8.99. The normalized spacial score (nSPS) is 16.4. The van der Waals surface area contributed by atoms with Gasteiger partial charge in [-0.25, -0.2) is 4.98 Å². The lowest BCUT2D eigenvalue weighted by atomic mass is 9.99. The van der Waals surface area contributed by atoms with Gasteiger partial charge in [0, 0.05) is 55.9 Å². The third-order valence-corrected chi connectivity index (χ3v) is 6.92. The number of aliphatic hydroxyl groups is 1. The minimum atomic E-state index is -0.171. The van der Waals surface area contributed by atoms with E-state index in [9.17, 15) is 5.11 Å². The van der Waals surface area contributed by atoms with Gasteiger partial charge < -0.3 is 25.2 Å². The molecule has 5 heterocycles. The molecule has 2 aliphatic rings. The van der Waals surface area contributed by atoms with Crippen LogP contribution < -0.4 is 15.5 Å². The number of aryl methyl sites for hydroxylation is 1. The molecule has 33 heavy (non-hydrogen) atoms. The van der Waals surface area contributed by atoms with Crippen LogP contribution in [0.5, 0.6) is 0 Å². The Morgan fingerprint density at radius 1 is 1.00 bits per heavy atom. The maximum atomic E-state index is 9.74. The summed E-state index contributed by atoms with van der Waals surface area (Å²) < 4.78 is 2.15. The van der Waals surface area contributed by atoms with E-state index in [1.54, 1.807) is 0 Å². The van der Waals surface area contributed by atoms with Crippen LogP contribution in [0.4, 0.5) is 17.2 Å². The van der Waals surface area contributed by atoms with Crippen LogP contribution in [0.15, 0.2) is 55.0 Å². The molecule has 0 saturated carbocycles. The number of fused-ring (bicyclic) bond motifs is 2. The van der Waals surface area contributed by atoms with E-state index in [1.165, 1.54) is 27.6 Å². The van der Waals surface area contributed by atoms with Gasteiger partial charge in [0.15, 0.2) is 0 Å². The van der Waals surface area contributed by atoms with Gasteiger partial charge in [0.25, 0.3) is 0 Å². The fourth-order valence-corrected chi connectivity index (χ4v) is 5.05. The number of hydrogen-bond acceptors (Lipinski definition) is 6. The van der Waals surface area contributed by atoms with Gasteiger partial charge in [-0.1, -0.05) is 12.1 Å². The van der Waals surface area contributed by atoms with Gasteiger partial charge in [-0.05, 0) is 48.2 Å². The van der Waals surface area contributed by atoms with Crippen molar-refractivity contribution >= 4 is 28.1 Å². The SMILES string of the molecule is Cn1ccc2c(-c3ncc(Nc4ccc(N5CCC(O)CC5)cn4)c4c3CNC4)cccc21. The Morgan fingerprint density at radius 2 is 1.85 bits per heavy atom. The Balaban J connectivity index is 1.29. The van der Waals surface area contributed by atoms with E-state index < -0.39 is 0 Å². The summed E-state index contributed by atoms with van der Waals surface area (Å²) in [6.45, 7) is 3.36. The Kier molecular flexibility index (Phi) is 5.00. The van der Waals surface area contributed by atoms with Crippen LogP contribution in [0.3, 0.4) is 0 Å². The second kappa shape index (κ2) is 8.17. The lowest BCUT2D eigenvalue weighted by Gasteiger charge is -2.31. The van der Waals surface area contributed by atoms with Crippen LogP contribution >= 0.6 is 0 Å². The summed E-state index contributed by atoms with van der Waals surface area (Å²) in [4.78, 5) is 11.8. The summed E-state index contributed by atoms with van der Waals surface area (Å²) in [5.74, 6) is 0.810. The van der Waals surface area contributed by atoms with Crippen molar-refractivity contribution in [3.8, 4) is 11.3 Å².